The molecule has 0 unspecified atom stereocenters. The maximum absolute atomic E-state index is 13.1. The molecule has 124 valence electrons. The van der Waals surface area contributed by atoms with Gasteiger partial charge in [-0.3, -0.25) is 0 Å². The summed E-state index contributed by atoms with van der Waals surface area (Å²) in [6.07, 6.45) is 0. The third kappa shape index (κ3) is 3.15. The van der Waals surface area contributed by atoms with E-state index < -0.39 is 0 Å². The van der Waals surface area contributed by atoms with Crippen LogP contribution in [0.15, 0.2) is 71.9 Å². The lowest BCUT2D eigenvalue weighted by Crippen LogP contribution is -1.95. The SMILES string of the molecule is Cn1c(SCc2cccc3ccccc23)nnc1-c1ccc(F)cc1. The number of hydrogen-bond acceptors (Lipinski definition) is 3. The second-order valence-electron chi connectivity index (χ2n) is 5.80. The minimum Gasteiger partial charge on any atom is -0.305 e. The number of aromatic nitrogens is 3. The smallest absolute Gasteiger partial charge is 0.191 e. The minimum absolute atomic E-state index is 0.253. The summed E-state index contributed by atoms with van der Waals surface area (Å²) < 4.78 is 15.0. The first-order chi connectivity index (χ1) is 12.2. The second-order valence-corrected chi connectivity index (χ2v) is 6.74. The molecule has 0 amide bonds. The molecule has 5 heteroatoms. The Kier molecular flexibility index (Phi) is 4.24. The summed E-state index contributed by atoms with van der Waals surface area (Å²) >= 11 is 1.65. The second kappa shape index (κ2) is 6.69. The van der Waals surface area contributed by atoms with Crippen molar-refractivity contribution in [2.24, 2.45) is 7.05 Å². The highest BCUT2D eigenvalue weighted by molar-refractivity contribution is 7.98. The van der Waals surface area contributed by atoms with Gasteiger partial charge in [0.2, 0.25) is 0 Å². The predicted octanol–water partition coefficient (Wildman–Crippen LogP) is 5.07. The molecule has 0 N–H and O–H groups in total. The summed E-state index contributed by atoms with van der Waals surface area (Å²) in [6.45, 7) is 0. The molecule has 0 saturated carbocycles. The molecule has 0 atom stereocenters. The molecule has 4 aromatic rings. The van der Waals surface area contributed by atoms with Crippen LogP contribution in [0.1, 0.15) is 5.56 Å². The topological polar surface area (TPSA) is 30.7 Å². The number of hydrogen-bond donors (Lipinski definition) is 0. The van der Waals surface area contributed by atoms with Gasteiger partial charge in [-0.2, -0.15) is 0 Å². The molecule has 1 heterocycles. The highest BCUT2D eigenvalue weighted by atomic mass is 32.2. The lowest BCUT2D eigenvalue weighted by molar-refractivity contribution is 0.628. The third-order valence-corrected chi connectivity index (χ3v) is 5.24. The Labute approximate surface area is 149 Å². The van der Waals surface area contributed by atoms with Crippen molar-refractivity contribution in [2.45, 2.75) is 10.9 Å². The van der Waals surface area contributed by atoms with Crippen LogP contribution in [-0.2, 0) is 12.8 Å². The first-order valence-electron chi connectivity index (χ1n) is 7.97. The number of nitrogens with zero attached hydrogens (tertiary/aromatic N) is 3. The molecular formula is C20H16FN3S. The normalized spacial score (nSPS) is 11.1. The van der Waals surface area contributed by atoms with Gasteiger partial charge in [-0.15, -0.1) is 10.2 Å². The minimum atomic E-state index is -0.253. The van der Waals surface area contributed by atoms with Gasteiger partial charge >= 0.3 is 0 Å². The fraction of sp³-hybridized carbons (Fsp3) is 0.100. The van der Waals surface area contributed by atoms with E-state index >= 15 is 0 Å². The molecule has 3 aromatic carbocycles. The molecule has 0 spiro atoms. The molecule has 3 nitrogen and oxygen atoms in total. The Morgan fingerprint density at radius 2 is 1.68 bits per heavy atom. The summed E-state index contributed by atoms with van der Waals surface area (Å²) in [5.41, 5.74) is 2.13. The van der Waals surface area contributed by atoms with Gasteiger partial charge in [-0.1, -0.05) is 54.2 Å². The van der Waals surface area contributed by atoms with E-state index in [-0.39, 0.29) is 5.82 Å². The van der Waals surface area contributed by atoms with E-state index in [0.29, 0.717) is 0 Å². The van der Waals surface area contributed by atoms with Crippen LogP contribution in [0.4, 0.5) is 4.39 Å². The van der Waals surface area contributed by atoms with E-state index in [4.69, 9.17) is 0 Å². The zero-order valence-electron chi connectivity index (χ0n) is 13.7. The third-order valence-electron chi connectivity index (χ3n) is 4.17. The standard InChI is InChI=1S/C20H16FN3S/c1-24-19(15-9-11-17(21)12-10-15)22-23-20(24)25-13-16-7-4-6-14-5-2-3-8-18(14)16/h2-12H,13H2,1H3. The Morgan fingerprint density at radius 3 is 2.52 bits per heavy atom. The molecule has 0 bridgehead atoms. The Balaban J connectivity index is 1.58. The van der Waals surface area contributed by atoms with Gasteiger partial charge in [0.05, 0.1) is 0 Å². The van der Waals surface area contributed by atoms with E-state index in [1.54, 1.807) is 23.9 Å². The van der Waals surface area contributed by atoms with Crippen LogP contribution in [0.25, 0.3) is 22.2 Å². The maximum atomic E-state index is 13.1. The molecule has 25 heavy (non-hydrogen) atoms. The molecule has 4 rings (SSSR count). The van der Waals surface area contributed by atoms with E-state index in [9.17, 15) is 4.39 Å². The van der Waals surface area contributed by atoms with Crippen LogP contribution in [0, 0.1) is 5.82 Å². The Hall–Kier alpha value is -2.66. The average molecular weight is 349 g/mol. The summed E-state index contributed by atoms with van der Waals surface area (Å²) in [6, 6.07) is 21.0. The summed E-state index contributed by atoms with van der Waals surface area (Å²) in [5, 5.41) is 11.9. The summed E-state index contributed by atoms with van der Waals surface area (Å²) in [4.78, 5) is 0. The van der Waals surface area contributed by atoms with Crippen molar-refractivity contribution in [3.8, 4) is 11.4 Å². The van der Waals surface area contributed by atoms with Gasteiger partial charge in [0.1, 0.15) is 5.82 Å². The van der Waals surface area contributed by atoms with Crippen molar-refractivity contribution in [3.63, 3.8) is 0 Å². The number of thioether (sulfide) groups is 1. The first kappa shape index (κ1) is 15.8. The van der Waals surface area contributed by atoms with Crippen LogP contribution in [-0.4, -0.2) is 14.8 Å². The predicted molar refractivity (Wildman–Crippen MR) is 99.9 cm³/mol. The van der Waals surface area contributed by atoms with Gasteiger partial charge in [0, 0.05) is 18.4 Å². The summed E-state index contributed by atoms with van der Waals surface area (Å²) in [5.74, 6) is 1.30. The van der Waals surface area contributed by atoms with Gasteiger partial charge in [0.15, 0.2) is 11.0 Å². The molecular weight excluding hydrogens is 333 g/mol. The van der Waals surface area contributed by atoms with Crippen molar-refractivity contribution in [3.05, 3.63) is 78.1 Å². The highest BCUT2D eigenvalue weighted by Crippen LogP contribution is 2.28. The zero-order valence-corrected chi connectivity index (χ0v) is 14.5. The van der Waals surface area contributed by atoms with Crippen molar-refractivity contribution in [1.29, 1.82) is 0 Å². The average Bonchev–Trinajstić information content (AvgIpc) is 3.01. The van der Waals surface area contributed by atoms with Gasteiger partial charge in [-0.25, -0.2) is 4.39 Å². The highest BCUT2D eigenvalue weighted by Gasteiger charge is 2.12. The molecule has 0 aliphatic heterocycles. The number of fused-ring (bicyclic) bond motifs is 1. The van der Waals surface area contributed by atoms with Crippen molar-refractivity contribution in [2.75, 3.05) is 0 Å². The van der Waals surface area contributed by atoms with E-state index in [2.05, 4.69) is 52.7 Å². The fourth-order valence-electron chi connectivity index (χ4n) is 2.85. The fourth-order valence-corrected chi connectivity index (χ4v) is 3.77. The quantitative estimate of drug-likeness (QED) is 0.482. The zero-order chi connectivity index (χ0) is 17.2. The van der Waals surface area contributed by atoms with Gasteiger partial charge < -0.3 is 4.57 Å². The molecule has 0 aliphatic rings. The van der Waals surface area contributed by atoms with Crippen LogP contribution < -0.4 is 0 Å². The van der Waals surface area contributed by atoms with Crippen molar-refractivity contribution >= 4 is 22.5 Å². The van der Waals surface area contributed by atoms with Gasteiger partial charge in [0.25, 0.3) is 0 Å². The van der Waals surface area contributed by atoms with E-state index in [0.717, 1.165) is 22.3 Å². The summed E-state index contributed by atoms with van der Waals surface area (Å²) in [7, 11) is 1.93. The largest absolute Gasteiger partial charge is 0.305 e. The molecule has 1 aromatic heterocycles. The van der Waals surface area contributed by atoms with E-state index in [1.165, 1.54) is 28.5 Å². The molecule has 0 aliphatic carbocycles. The van der Waals surface area contributed by atoms with Crippen LogP contribution in [0.2, 0.25) is 0 Å². The Bertz CT molecular complexity index is 1020. The van der Waals surface area contributed by atoms with Gasteiger partial charge in [-0.05, 0) is 40.6 Å². The maximum Gasteiger partial charge on any atom is 0.191 e. The van der Waals surface area contributed by atoms with Crippen LogP contribution in [0.5, 0.6) is 0 Å². The van der Waals surface area contributed by atoms with Crippen LogP contribution >= 0.6 is 11.8 Å². The van der Waals surface area contributed by atoms with Crippen molar-refractivity contribution in [1.82, 2.24) is 14.8 Å². The number of rotatable bonds is 4. The number of halogens is 1. The van der Waals surface area contributed by atoms with Crippen molar-refractivity contribution < 1.29 is 4.39 Å². The van der Waals surface area contributed by atoms with Crippen LogP contribution in [0.3, 0.4) is 0 Å². The van der Waals surface area contributed by atoms with E-state index in [1.807, 2.05) is 11.6 Å². The Morgan fingerprint density at radius 1 is 0.920 bits per heavy atom. The number of benzene rings is 3. The molecule has 0 fully saturated rings. The first-order valence-corrected chi connectivity index (χ1v) is 8.96. The molecule has 0 radical (unpaired) electrons. The lowest BCUT2D eigenvalue weighted by atomic mass is 10.1. The lowest BCUT2D eigenvalue weighted by Gasteiger charge is -2.07. The monoisotopic (exact) mass is 349 g/mol. The molecule has 0 saturated heterocycles.